The molecule has 0 aromatic heterocycles. The average molecular weight is 556 g/mol. The predicted molar refractivity (Wildman–Crippen MR) is 139 cm³/mol. The Kier molecular flexibility index (Phi) is 9.26. The van der Waals surface area contributed by atoms with Crippen molar-refractivity contribution >= 4 is 31.6 Å². The molecule has 11 nitrogen and oxygen atoms in total. The monoisotopic (exact) mass is 555 g/mol. The van der Waals surface area contributed by atoms with Gasteiger partial charge in [-0.25, -0.2) is 16.8 Å². The Morgan fingerprint density at radius 3 is 2.19 bits per heavy atom. The molecule has 1 aliphatic heterocycles. The first-order chi connectivity index (χ1) is 17.5. The number of hydrogen-bond donors (Lipinski definition) is 1. The van der Waals surface area contributed by atoms with Crippen molar-refractivity contribution in [1.82, 2.24) is 9.62 Å². The third-order valence-electron chi connectivity index (χ3n) is 5.91. The minimum Gasteiger partial charge on any atom is -0.497 e. The Morgan fingerprint density at radius 2 is 1.62 bits per heavy atom. The number of benzene rings is 2. The summed E-state index contributed by atoms with van der Waals surface area (Å²) in [5.41, 5.74) is 0.173. The summed E-state index contributed by atoms with van der Waals surface area (Å²) in [4.78, 5) is 13.0. The Hall–Kier alpha value is -3.03. The van der Waals surface area contributed by atoms with Crippen molar-refractivity contribution in [1.29, 1.82) is 0 Å². The summed E-state index contributed by atoms with van der Waals surface area (Å²) in [6.45, 7) is 2.72. The van der Waals surface area contributed by atoms with E-state index in [-0.39, 0.29) is 29.5 Å². The number of hydrogen-bond acceptors (Lipinski definition) is 8. The number of nitrogens with zero attached hydrogens (tertiary/aromatic N) is 2. The molecule has 2 aromatic carbocycles. The van der Waals surface area contributed by atoms with Crippen LogP contribution in [0.25, 0.3) is 0 Å². The van der Waals surface area contributed by atoms with Crippen LogP contribution in [0.4, 0.5) is 5.69 Å². The molecule has 3 rings (SSSR count). The molecule has 37 heavy (non-hydrogen) atoms. The van der Waals surface area contributed by atoms with Crippen molar-refractivity contribution < 1.29 is 35.8 Å². The zero-order valence-electron chi connectivity index (χ0n) is 21.3. The Balaban J connectivity index is 1.60. The topological polar surface area (TPSA) is 132 Å². The fourth-order valence-corrected chi connectivity index (χ4v) is 6.71. The molecule has 204 valence electrons. The van der Waals surface area contributed by atoms with Crippen LogP contribution in [-0.2, 0) is 24.8 Å². The van der Waals surface area contributed by atoms with E-state index in [0.717, 1.165) is 23.4 Å². The SMILES string of the molecule is COc1ccc(OC)c(N(C(C)C(=O)NCCOc2ccc(S(=O)(=O)N3CCCC3)cc2)S(C)(=O)=O)c1. The molecule has 1 fully saturated rings. The summed E-state index contributed by atoms with van der Waals surface area (Å²) in [6, 6.07) is 9.70. The molecule has 1 saturated heterocycles. The van der Waals surface area contributed by atoms with Crippen LogP contribution in [0.2, 0.25) is 0 Å². The first-order valence-corrected chi connectivity index (χ1v) is 15.0. The number of carbonyl (C=O) groups excluding carboxylic acids is 1. The predicted octanol–water partition coefficient (Wildman–Crippen LogP) is 1.84. The van der Waals surface area contributed by atoms with E-state index in [4.69, 9.17) is 14.2 Å². The van der Waals surface area contributed by atoms with E-state index in [9.17, 15) is 21.6 Å². The first kappa shape index (κ1) is 28.5. The number of ether oxygens (including phenoxy) is 3. The summed E-state index contributed by atoms with van der Waals surface area (Å²) in [6.07, 6.45) is 2.73. The first-order valence-electron chi connectivity index (χ1n) is 11.7. The summed E-state index contributed by atoms with van der Waals surface area (Å²) < 4.78 is 69.1. The highest BCUT2D eigenvalue weighted by Gasteiger charge is 2.31. The molecule has 0 bridgehead atoms. The molecule has 1 heterocycles. The second-order valence-electron chi connectivity index (χ2n) is 8.49. The van der Waals surface area contributed by atoms with Crippen LogP contribution in [0.1, 0.15) is 19.8 Å². The van der Waals surface area contributed by atoms with Gasteiger partial charge in [0.2, 0.25) is 26.0 Å². The fraction of sp³-hybridized carbons (Fsp3) is 0.458. The van der Waals surface area contributed by atoms with Gasteiger partial charge in [-0.2, -0.15) is 4.31 Å². The summed E-state index contributed by atoms with van der Waals surface area (Å²) in [7, 11) is -4.51. The van der Waals surface area contributed by atoms with Crippen molar-refractivity contribution in [2.75, 3.05) is 51.0 Å². The second-order valence-corrected chi connectivity index (χ2v) is 12.3. The molecule has 1 atom stereocenters. The zero-order chi connectivity index (χ0) is 27.2. The van der Waals surface area contributed by atoms with E-state index < -0.39 is 32.0 Å². The summed E-state index contributed by atoms with van der Waals surface area (Å²) in [5, 5.41) is 2.67. The number of carbonyl (C=O) groups is 1. The molecule has 13 heteroatoms. The standard InChI is InChI=1S/C24H33N3O8S2/c1-18(27(36(4,29)30)22-17-20(33-2)9-12-23(22)34-3)24(28)25-13-16-35-19-7-10-21(11-8-19)37(31,32)26-14-5-6-15-26/h7-12,17-18H,5-6,13-16H2,1-4H3,(H,25,28). The summed E-state index contributed by atoms with van der Waals surface area (Å²) in [5.74, 6) is 0.585. The number of sulfonamides is 2. The van der Waals surface area contributed by atoms with Crippen molar-refractivity contribution in [3.05, 3.63) is 42.5 Å². The Bertz CT molecular complexity index is 1290. The van der Waals surface area contributed by atoms with Gasteiger partial charge < -0.3 is 19.5 Å². The molecular weight excluding hydrogens is 522 g/mol. The van der Waals surface area contributed by atoms with Gasteiger partial charge in [0.1, 0.15) is 29.9 Å². The lowest BCUT2D eigenvalue weighted by atomic mass is 10.2. The number of amides is 1. The molecule has 1 N–H and O–H groups in total. The number of methoxy groups -OCH3 is 2. The van der Waals surface area contributed by atoms with Crippen LogP contribution in [0.3, 0.4) is 0 Å². The minimum atomic E-state index is -3.86. The van der Waals surface area contributed by atoms with Crippen molar-refractivity contribution in [2.24, 2.45) is 0 Å². The van der Waals surface area contributed by atoms with Gasteiger partial charge in [0.05, 0.1) is 37.6 Å². The van der Waals surface area contributed by atoms with Gasteiger partial charge in [0, 0.05) is 19.2 Å². The smallest absolute Gasteiger partial charge is 0.243 e. The highest BCUT2D eigenvalue weighted by Crippen LogP contribution is 2.35. The van der Waals surface area contributed by atoms with Gasteiger partial charge in [0.15, 0.2) is 0 Å². The number of rotatable bonds is 12. The van der Waals surface area contributed by atoms with E-state index in [0.29, 0.717) is 24.6 Å². The second kappa shape index (κ2) is 12.0. The molecule has 0 saturated carbocycles. The van der Waals surface area contributed by atoms with Crippen molar-refractivity contribution in [2.45, 2.75) is 30.7 Å². The minimum absolute atomic E-state index is 0.0953. The van der Waals surface area contributed by atoms with Crippen LogP contribution >= 0.6 is 0 Å². The van der Waals surface area contributed by atoms with Crippen LogP contribution in [0, 0.1) is 0 Å². The van der Waals surface area contributed by atoms with Gasteiger partial charge in [-0.3, -0.25) is 9.10 Å². The lowest BCUT2D eigenvalue weighted by Gasteiger charge is -2.29. The van der Waals surface area contributed by atoms with Gasteiger partial charge in [-0.1, -0.05) is 0 Å². The quantitative estimate of drug-likeness (QED) is 0.393. The van der Waals surface area contributed by atoms with E-state index in [2.05, 4.69) is 5.32 Å². The maximum absolute atomic E-state index is 12.8. The average Bonchev–Trinajstić information content (AvgIpc) is 3.42. The van der Waals surface area contributed by atoms with Crippen LogP contribution < -0.4 is 23.8 Å². The fourth-order valence-electron chi connectivity index (χ4n) is 4.03. The molecule has 0 aliphatic carbocycles. The zero-order valence-corrected chi connectivity index (χ0v) is 23.0. The van der Waals surface area contributed by atoms with Gasteiger partial charge in [-0.05, 0) is 56.2 Å². The third kappa shape index (κ3) is 6.84. The summed E-state index contributed by atoms with van der Waals surface area (Å²) >= 11 is 0. The molecule has 0 spiro atoms. The third-order valence-corrected chi connectivity index (χ3v) is 9.05. The lowest BCUT2D eigenvalue weighted by molar-refractivity contribution is -0.121. The molecule has 1 amide bonds. The lowest BCUT2D eigenvalue weighted by Crippen LogP contribution is -2.48. The largest absolute Gasteiger partial charge is 0.497 e. The normalized spacial score (nSPS) is 15.1. The van der Waals surface area contributed by atoms with Gasteiger partial charge in [-0.15, -0.1) is 0 Å². The Morgan fingerprint density at radius 1 is 1.00 bits per heavy atom. The van der Waals surface area contributed by atoms with E-state index in [1.807, 2.05) is 0 Å². The maximum Gasteiger partial charge on any atom is 0.243 e. The highest BCUT2D eigenvalue weighted by atomic mass is 32.2. The molecule has 0 radical (unpaired) electrons. The van der Waals surface area contributed by atoms with E-state index in [1.54, 1.807) is 24.3 Å². The van der Waals surface area contributed by atoms with Gasteiger partial charge in [0.25, 0.3) is 0 Å². The van der Waals surface area contributed by atoms with Crippen molar-refractivity contribution in [3.8, 4) is 17.2 Å². The van der Waals surface area contributed by atoms with Crippen LogP contribution in [0.15, 0.2) is 47.4 Å². The van der Waals surface area contributed by atoms with Crippen molar-refractivity contribution in [3.63, 3.8) is 0 Å². The van der Waals surface area contributed by atoms with E-state index in [1.165, 1.54) is 43.6 Å². The Labute approximate surface area is 218 Å². The maximum atomic E-state index is 12.8. The van der Waals surface area contributed by atoms with E-state index >= 15 is 0 Å². The highest BCUT2D eigenvalue weighted by molar-refractivity contribution is 7.92. The number of anilines is 1. The molecular formula is C24H33N3O8S2. The molecule has 1 unspecified atom stereocenters. The van der Waals surface area contributed by atoms with Gasteiger partial charge >= 0.3 is 0 Å². The van der Waals surface area contributed by atoms with Crippen LogP contribution in [-0.4, -0.2) is 79.8 Å². The number of nitrogens with one attached hydrogen (secondary N) is 1. The van der Waals surface area contributed by atoms with Crippen LogP contribution in [0.5, 0.6) is 17.2 Å². The molecule has 2 aromatic rings. The molecule has 1 aliphatic rings.